The van der Waals surface area contributed by atoms with E-state index in [-0.39, 0.29) is 24.1 Å². The number of benzene rings is 1. The van der Waals surface area contributed by atoms with Crippen molar-refractivity contribution in [1.82, 2.24) is 10.3 Å². The van der Waals surface area contributed by atoms with Gasteiger partial charge < -0.3 is 24.8 Å². The van der Waals surface area contributed by atoms with Crippen molar-refractivity contribution < 1.29 is 28.3 Å². The third kappa shape index (κ3) is 6.75. The number of hydrogen-bond acceptors (Lipinski definition) is 8. The Balaban J connectivity index is 1.76. The highest BCUT2D eigenvalue weighted by molar-refractivity contribution is 9.10. The second-order valence-electron chi connectivity index (χ2n) is 5.13. The van der Waals surface area contributed by atoms with Gasteiger partial charge in [0.05, 0.1) is 23.8 Å². The molecule has 0 saturated heterocycles. The maximum Gasteiger partial charge on any atom is 0.326 e. The number of nitrogens with two attached hydrogens (primary N) is 2. The minimum Gasteiger partial charge on any atom is -0.492 e. The molecule has 0 amide bonds. The largest absolute Gasteiger partial charge is 0.492 e. The zero-order chi connectivity index (χ0) is 19.8. The molecule has 12 heteroatoms. The molecular weight excluding hydrogens is 429 g/mol. The zero-order valence-corrected chi connectivity index (χ0v) is 15.6. The summed E-state index contributed by atoms with van der Waals surface area (Å²) in [4.78, 5) is 10.5. The van der Waals surface area contributed by atoms with Gasteiger partial charge in [0, 0.05) is 12.5 Å². The standard InChI is InChI=1S/C15H17BrFN5O5/c16-10-3-2-9(17)6-11(10)25-4-1-5-26-13-7-12(27-21-13)15(18)20-22(19)8-14(23)24/h2-3,6-7H,1,4-5,8,19H2,(H2,18,20)(H,23,24). The van der Waals surface area contributed by atoms with Crippen LogP contribution in [-0.2, 0) is 4.79 Å². The number of nitrogens with zero attached hydrogens (tertiary/aromatic N) is 3. The van der Waals surface area contributed by atoms with Crippen LogP contribution in [0.2, 0.25) is 0 Å². The Labute approximate surface area is 161 Å². The Kier molecular flexibility index (Phi) is 7.37. The number of hydrazine groups is 1. The maximum atomic E-state index is 13.1. The van der Waals surface area contributed by atoms with Gasteiger partial charge in [-0.2, -0.15) is 0 Å². The highest BCUT2D eigenvalue weighted by Crippen LogP contribution is 2.25. The van der Waals surface area contributed by atoms with Crippen LogP contribution in [0.1, 0.15) is 12.2 Å². The first-order chi connectivity index (χ1) is 12.8. The first-order valence-electron chi connectivity index (χ1n) is 7.61. The summed E-state index contributed by atoms with van der Waals surface area (Å²) in [6.45, 7) is 0.0330. The van der Waals surface area contributed by atoms with Crippen LogP contribution in [0.25, 0.3) is 0 Å². The van der Waals surface area contributed by atoms with Gasteiger partial charge >= 0.3 is 5.97 Å². The molecule has 1 heterocycles. The number of aromatic nitrogens is 1. The van der Waals surface area contributed by atoms with Gasteiger partial charge in [0.1, 0.15) is 11.6 Å². The van der Waals surface area contributed by atoms with E-state index in [1.807, 2.05) is 0 Å². The summed E-state index contributed by atoms with van der Waals surface area (Å²) < 4.78 is 29.6. The molecule has 1 aromatic heterocycles. The average molecular weight is 446 g/mol. The smallest absolute Gasteiger partial charge is 0.326 e. The SMILES string of the molecule is N/C(=N\N(N)CC(=O)O)c1cc(OCCCOc2cc(F)ccc2Br)no1. The lowest BCUT2D eigenvalue weighted by atomic mass is 10.3. The summed E-state index contributed by atoms with van der Waals surface area (Å²) in [5.74, 6) is 4.28. The molecule has 5 N–H and O–H groups in total. The Morgan fingerprint density at radius 2 is 2.11 bits per heavy atom. The fourth-order valence-corrected chi connectivity index (χ4v) is 2.18. The van der Waals surface area contributed by atoms with Crippen LogP contribution in [0.5, 0.6) is 11.6 Å². The lowest BCUT2D eigenvalue weighted by Gasteiger charge is -2.08. The molecular formula is C15H17BrFN5O5. The lowest BCUT2D eigenvalue weighted by Crippen LogP contribution is -2.33. The fourth-order valence-electron chi connectivity index (χ4n) is 1.81. The predicted molar refractivity (Wildman–Crippen MR) is 95.5 cm³/mol. The number of hydrogen-bond donors (Lipinski definition) is 3. The van der Waals surface area contributed by atoms with Crippen LogP contribution < -0.4 is 21.1 Å². The quantitative estimate of drug-likeness (QED) is 0.161. The van der Waals surface area contributed by atoms with Crippen LogP contribution in [0, 0.1) is 5.82 Å². The summed E-state index contributed by atoms with van der Waals surface area (Å²) >= 11 is 3.27. The van der Waals surface area contributed by atoms with Gasteiger partial charge in [-0.3, -0.25) is 4.79 Å². The Morgan fingerprint density at radius 3 is 2.85 bits per heavy atom. The van der Waals surface area contributed by atoms with E-state index in [1.165, 1.54) is 18.2 Å². The van der Waals surface area contributed by atoms with Gasteiger partial charge in [-0.05, 0) is 33.2 Å². The van der Waals surface area contributed by atoms with Crippen molar-refractivity contribution in [3.05, 3.63) is 40.3 Å². The maximum absolute atomic E-state index is 13.1. The molecule has 0 unspecified atom stereocenters. The molecule has 0 radical (unpaired) electrons. The average Bonchev–Trinajstić information content (AvgIpc) is 3.06. The minimum absolute atomic E-state index is 0.0748. The van der Waals surface area contributed by atoms with Gasteiger partial charge in [0.2, 0.25) is 5.76 Å². The lowest BCUT2D eigenvalue weighted by molar-refractivity contribution is -0.138. The molecule has 0 aliphatic rings. The van der Waals surface area contributed by atoms with E-state index >= 15 is 0 Å². The van der Waals surface area contributed by atoms with E-state index in [0.717, 1.165) is 0 Å². The predicted octanol–water partition coefficient (Wildman–Crippen LogP) is 1.30. The number of ether oxygens (including phenoxy) is 2. The van der Waals surface area contributed by atoms with Gasteiger partial charge in [-0.25, -0.2) is 15.4 Å². The second-order valence-corrected chi connectivity index (χ2v) is 5.99. The van der Waals surface area contributed by atoms with Gasteiger partial charge in [-0.15, -0.1) is 5.10 Å². The van der Waals surface area contributed by atoms with E-state index < -0.39 is 18.3 Å². The molecule has 0 spiro atoms. The van der Waals surface area contributed by atoms with Crippen molar-refractivity contribution in [1.29, 1.82) is 0 Å². The third-order valence-corrected chi connectivity index (χ3v) is 3.62. The molecule has 2 aromatic rings. The second kappa shape index (κ2) is 9.73. The fraction of sp³-hybridized carbons (Fsp3) is 0.267. The van der Waals surface area contributed by atoms with Crippen molar-refractivity contribution in [2.45, 2.75) is 6.42 Å². The minimum atomic E-state index is -1.16. The number of hydrazone groups is 1. The van der Waals surface area contributed by atoms with E-state index in [4.69, 9.17) is 30.7 Å². The van der Waals surface area contributed by atoms with Crippen molar-refractivity contribution >= 4 is 27.7 Å². The van der Waals surface area contributed by atoms with Crippen LogP contribution in [0.3, 0.4) is 0 Å². The summed E-state index contributed by atoms with van der Waals surface area (Å²) in [6.07, 6.45) is 0.504. The first-order valence-corrected chi connectivity index (χ1v) is 8.40. The molecule has 1 aromatic carbocycles. The molecule has 10 nitrogen and oxygen atoms in total. The number of amidine groups is 1. The van der Waals surface area contributed by atoms with Gasteiger partial charge in [0.25, 0.3) is 5.88 Å². The molecule has 0 bridgehead atoms. The summed E-state index contributed by atoms with van der Waals surface area (Å²) in [5.41, 5.74) is 5.64. The van der Waals surface area contributed by atoms with E-state index in [9.17, 15) is 9.18 Å². The van der Waals surface area contributed by atoms with Crippen molar-refractivity contribution in [2.75, 3.05) is 19.8 Å². The molecule has 27 heavy (non-hydrogen) atoms. The molecule has 2 rings (SSSR count). The van der Waals surface area contributed by atoms with Gasteiger partial charge in [-0.1, -0.05) is 0 Å². The molecule has 0 atom stereocenters. The van der Waals surface area contributed by atoms with E-state index in [0.29, 0.717) is 28.4 Å². The van der Waals surface area contributed by atoms with E-state index in [2.05, 4.69) is 26.2 Å². The van der Waals surface area contributed by atoms with Gasteiger partial charge in [0.15, 0.2) is 12.4 Å². The highest BCUT2D eigenvalue weighted by Gasteiger charge is 2.11. The van der Waals surface area contributed by atoms with Crippen LogP contribution >= 0.6 is 15.9 Å². The Bertz CT molecular complexity index is 816. The Morgan fingerprint density at radius 1 is 1.37 bits per heavy atom. The number of aliphatic carboxylic acids is 1. The van der Waals surface area contributed by atoms with Crippen molar-refractivity contribution in [3.63, 3.8) is 0 Å². The number of carbonyl (C=O) groups is 1. The number of carboxylic acids is 1. The number of carboxylic acid groups (broad SMARTS) is 1. The first kappa shape index (κ1) is 20.5. The summed E-state index contributed by atoms with van der Waals surface area (Å²) in [5, 5.41) is 16.5. The third-order valence-electron chi connectivity index (χ3n) is 2.96. The monoisotopic (exact) mass is 445 g/mol. The van der Waals surface area contributed by atoms with Crippen LogP contribution in [-0.4, -0.2) is 46.9 Å². The summed E-state index contributed by atoms with van der Waals surface area (Å²) in [6, 6.07) is 5.55. The molecule has 146 valence electrons. The number of rotatable bonds is 10. The van der Waals surface area contributed by atoms with Crippen LogP contribution in [0.4, 0.5) is 4.39 Å². The van der Waals surface area contributed by atoms with E-state index in [1.54, 1.807) is 6.07 Å². The van der Waals surface area contributed by atoms with Crippen molar-refractivity contribution in [3.8, 4) is 11.6 Å². The normalized spacial score (nSPS) is 11.3. The molecule has 0 fully saturated rings. The Hall–Kier alpha value is -2.86. The zero-order valence-electron chi connectivity index (χ0n) is 14.0. The number of halogens is 2. The van der Waals surface area contributed by atoms with Crippen LogP contribution in [0.15, 0.2) is 38.4 Å². The molecule has 0 saturated carbocycles. The molecule has 0 aliphatic carbocycles. The summed E-state index contributed by atoms with van der Waals surface area (Å²) in [7, 11) is 0. The van der Waals surface area contributed by atoms with Crippen molar-refractivity contribution in [2.24, 2.45) is 16.7 Å². The topological polar surface area (TPSA) is 149 Å². The molecule has 0 aliphatic heterocycles. The highest BCUT2D eigenvalue weighted by atomic mass is 79.9.